The lowest BCUT2D eigenvalue weighted by molar-refractivity contribution is -0.0325. The quantitative estimate of drug-likeness (QED) is 0.374. The van der Waals surface area contributed by atoms with Crippen molar-refractivity contribution in [3.8, 4) is 0 Å². The van der Waals surface area contributed by atoms with E-state index >= 15 is 0 Å². The molecule has 3 atom stereocenters. The first-order chi connectivity index (χ1) is 13.8. The molecule has 29 heavy (non-hydrogen) atoms. The van der Waals surface area contributed by atoms with E-state index in [1.54, 1.807) is 6.07 Å². The zero-order valence-corrected chi connectivity index (χ0v) is 18.2. The summed E-state index contributed by atoms with van der Waals surface area (Å²) in [5.41, 5.74) is -0.262. The first kappa shape index (κ1) is 22.9. The summed E-state index contributed by atoms with van der Waals surface area (Å²) in [6.45, 7) is 2.57. The van der Waals surface area contributed by atoms with Gasteiger partial charge in [-0.05, 0) is 56.8 Å². The molecule has 1 unspecified atom stereocenters. The van der Waals surface area contributed by atoms with Crippen LogP contribution in [0.4, 0.5) is 5.69 Å². The minimum absolute atomic E-state index is 0.0519. The number of benzene rings is 1. The molecule has 0 aromatic heterocycles. The highest BCUT2D eigenvalue weighted by Crippen LogP contribution is 2.35. The predicted octanol–water partition coefficient (Wildman–Crippen LogP) is 4.09. The number of nitrogens with one attached hydrogen (secondary N) is 1. The predicted molar refractivity (Wildman–Crippen MR) is 114 cm³/mol. The molecule has 162 valence electrons. The Labute approximate surface area is 185 Å². The lowest BCUT2D eigenvalue weighted by Gasteiger charge is -2.44. The zero-order valence-electron chi connectivity index (χ0n) is 15.9. The van der Waals surface area contributed by atoms with Crippen molar-refractivity contribution >= 4 is 46.4 Å². The van der Waals surface area contributed by atoms with Gasteiger partial charge in [0.1, 0.15) is 0 Å². The number of alkyl halides is 3. The second-order valence-corrected chi connectivity index (χ2v) is 9.89. The Hall–Kier alpha value is -0.800. The number of piperidine rings is 2. The van der Waals surface area contributed by atoms with Crippen molar-refractivity contribution in [2.75, 3.05) is 24.9 Å². The van der Waals surface area contributed by atoms with Crippen LogP contribution in [0.5, 0.6) is 0 Å². The smallest absolute Gasteiger partial charge is 0.255 e. The highest BCUT2D eigenvalue weighted by Gasteiger charge is 2.38. The molecule has 2 heterocycles. The number of anilines is 1. The van der Waals surface area contributed by atoms with Crippen LogP contribution in [0.1, 0.15) is 42.5 Å². The van der Waals surface area contributed by atoms with Crippen molar-refractivity contribution < 1.29 is 14.7 Å². The van der Waals surface area contributed by atoms with Crippen LogP contribution in [0.2, 0.25) is 0 Å². The lowest BCUT2D eigenvalue weighted by Crippen LogP contribution is -2.51. The molecule has 0 radical (unpaired) electrons. The molecule has 2 N–H and O–H groups in total. The van der Waals surface area contributed by atoms with Gasteiger partial charge in [0, 0.05) is 6.04 Å². The Morgan fingerprint density at radius 1 is 1.28 bits per heavy atom. The van der Waals surface area contributed by atoms with E-state index in [1.165, 1.54) is 31.0 Å². The van der Waals surface area contributed by atoms with E-state index in [-0.39, 0.29) is 16.5 Å². The maximum absolute atomic E-state index is 12.7. The number of nitrogens with zero attached hydrogens (tertiary/aromatic N) is 2. The van der Waals surface area contributed by atoms with Crippen LogP contribution in [-0.2, 0) is 4.74 Å². The second kappa shape index (κ2) is 10.0. The summed E-state index contributed by atoms with van der Waals surface area (Å²) >= 11 is 18.1. The van der Waals surface area contributed by atoms with E-state index in [4.69, 9.17) is 39.5 Å². The van der Waals surface area contributed by atoms with Crippen molar-refractivity contribution in [3.05, 3.63) is 35.0 Å². The number of fused-ring (bicyclic) bond motifs is 1. The number of halogens is 3. The number of rotatable bonds is 6. The molecule has 2 fully saturated rings. The van der Waals surface area contributed by atoms with Crippen molar-refractivity contribution in [1.29, 1.82) is 0 Å². The van der Waals surface area contributed by atoms with Crippen molar-refractivity contribution in [3.63, 3.8) is 0 Å². The minimum Gasteiger partial charge on any atom is -0.733 e. The van der Waals surface area contributed by atoms with Crippen LogP contribution in [0.3, 0.4) is 0 Å². The number of para-hydroxylation sites is 1. The van der Waals surface area contributed by atoms with Gasteiger partial charge in [0.15, 0.2) is 6.23 Å². The van der Waals surface area contributed by atoms with Crippen molar-refractivity contribution in [2.24, 2.45) is 5.92 Å². The van der Waals surface area contributed by atoms with E-state index in [9.17, 15) is 15.2 Å². The van der Waals surface area contributed by atoms with Crippen LogP contribution >= 0.6 is 34.8 Å². The number of carbonyl (C=O) groups excluding carboxylic acids is 1. The average molecular weight is 466 g/mol. The maximum Gasteiger partial charge on any atom is 0.255 e. The third-order valence-corrected chi connectivity index (χ3v) is 6.21. The largest absolute Gasteiger partial charge is 0.733 e. The molecular weight excluding hydrogens is 441 g/mol. The van der Waals surface area contributed by atoms with Gasteiger partial charge >= 0.3 is 0 Å². The molecule has 0 aliphatic carbocycles. The maximum atomic E-state index is 12.7. The third kappa shape index (κ3) is 5.88. The Balaban J connectivity index is 1.67. The minimum atomic E-state index is -1.90. The third-order valence-electron chi connectivity index (χ3n) is 5.62. The number of hydrogen-bond donors (Lipinski definition) is 2. The molecule has 2 aliphatic rings. The fourth-order valence-electron chi connectivity index (χ4n) is 4.24. The molecule has 2 saturated heterocycles. The van der Waals surface area contributed by atoms with Gasteiger partial charge in [-0.25, -0.2) is 0 Å². The van der Waals surface area contributed by atoms with Gasteiger partial charge in [-0.15, -0.1) is 0 Å². The molecule has 0 saturated carbocycles. The van der Waals surface area contributed by atoms with Gasteiger partial charge < -0.3 is 25.4 Å². The Morgan fingerprint density at radius 2 is 2.00 bits per heavy atom. The van der Waals surface area contributed by atoms with Gasteiger partial charge in [0.05, 0.1) is 17.9 Å². The average Bonchev–Trinajstić information content (AvgIpc) is 2.70. The number of carbonyl (C=O) groups is 1. The Bertz CT molecular complexity index is 700. The molecule has 10 heteroatoms. The molecule has 1 aromatic rings. The van der Waals surface area contributed by atoms with Gasteiger partial charge in [-0.1, -0.05) is 53.4 Å². The standard InChI is InChI=1S/C19H25Cl3N3O4/c20-19(21,22)18(23-17(26)14-7-1-2-9-16(14)25(27)28)29-12-13-6-5-11-24-10-4-3-8-15(13)24/h1-2,7,9,13,15,18,27H,3-6,8,10-12H2,(H,23,26)/q-1/t13-,15+,18?/m0/s1. The summed E-state index contributed by atoms with van der Waals surface area (Å²) < 4.78 is 3.98. The number of ether oxygens (including phenoxy) is 1. The summed E-state index contributed by atoms with van der Waals surface area (Å²) in [5.74, 6) is -0.382. The van der Waals surface area contributed by atoms with E-state index in [0.29, 0.717) is 18.6 Å². The molecule has 1 aromatic carbocycles. The molecule has 1 amide bonds. The van der Waals surface area contributed by atoms with Crippen LogP contribution in [0, 0.1) is 11.1 Å². The summed E-state index contributed by atoms with van der Waals surface area (Å²) in [6, 6.07) is 6.24. The van der Waals surface area contributed by atoms with Gasteiger partial charge in [0.25, 0.3) is 5.91 Å². The van der Waals surface area contributed by atoms with E-state index in [0.717, 1.165) is 32.4 Å². The van der Waals surface area contributed by atoms with Crippen LogP contribution < -0.4 is 10.5 Å². The fourth-order valence-corrected chi connectivity index (χ4v) is 4.59. The monoisotopic (exact) mass is 464 g/mol. The normalized spacial score (nSPS) is 23.9. The van der Waals surface area contributed by atoms with Gasteiger partial charge in [-0.3, -0.25) is 10.0 Å². The highest BCUT2D eigenvalue weighted by molar-refractivity contribution is 6.68. The Kier molecular flexibility index (Phi) is 7.89. The summed E-state index contributed by atoms with van der Waals surface area (Å²) in [5, 5.41) is 22.7. The number of amides is 1. The first-order valence-electron chi connectivity index (χ1n) is 9.76. The van der Waals surface area contributed by atoms with Crippen molar-refractivity contribution in [1.82, 2.24) is 10.2 Å². The van der Waals surface area contributed by atoms with Crippen LogP contribution in [-0.4, -0.2) is 51.8 Å². The molecule has 7 nitrogen and oxygen atoms in total. The molecule has 3 rings (SSSR count). The van der Waals surface area contributed by atoms with E-state index < -0.39 is 15.9 Å². The zero-order chi connectivity index (χ0) is 21.0. The topological polar surface area (TPSA) is 88.1 Å². The molecule has 0 spiro atoms. The highest BCUT2D eigenvalue weighted by atomic mass is 35.6. The van der Waals surface area contributed by atoms with Crippen molar-refractivity contribution in [2.45, 2.75) is 48.2 Å². The van der Waals surface area contributed by atoms with E-state index in [1.807, 2.05) is 0 Å². The SMILES string of the molecule is O=C(NC(OC[C@@H]1CCCN2CCCC[C@H]12)C(Cl)(Cl)Cl)c1ccccc1N([O-])O. The second-order valence-electron chi connectivity index (χ2n) is 7.52. The van der Waals surface area contributed by atoms with Crippen LogP contribution in [0.15, 0.2) is 24.3 Å². The summed E-state index contributed by atoms with van der Waals surface area (Å²) in [6.07, 6.45) is 4.47. The number of hydrogen-bond acceptors (Lipinski definition) is 6. The summed E-state index contributed by atoms with van der Waals surface area (Å²) in [4.78, 5) is 15.2. The fraction of sp³-hybridized carbons (Fsp3) is 0.632. The van der Waals surface area contributed by atoms with Gasteiger partial charge in [-0.2, -0.15) is 0 Å². The molecule has 0 bridgehead atoms. The molecule has 2 aliphatic heterocycles. The lowest BCUT2D eigenvalue weighted by atomic mass is 9.84. The first-order valence-corrected chi connectivity index (χ1v) is 10.9. The molecular formula is C19H25Cl3N3O4-. The Morgan fingerprint density at radius 3 is 2.72 bits per heavy atom. The van der Waals surface area contributed by atoms with Gasteiger partial charge in [0.2, 0.25) is 3.79 Å². The van der Waals surface area contributed by atoms with E-state index in [2.05, 4.69) is 10.2 Å². The van der Waals surface area contributed by atoms with Crippen LogP contribution in [0.25, 0.3) is 0 Å². The summed E-state index contributed by atoms with van der Waals surface area (Å²) in [7, 11) is 0.